The van der Waals surface area contributed by atoms with Crippen LogP contribution in [-0.4, -0.2) is 31.1 Å². The molecule has 0 bridgehead atoms. The van der Waals surface area contributed by atoms with Crippen molar-refractivity contribution in [3.05, 3.63) is 35.4 Å². The Balaban J connectivity index is 1.84. The van der Waals surface area contributed by atoms with Crippen LogP contribution in [0.5, 0.6) is 0 Å². The van der Waals surface area contributed by atoms with Gasteiger partial charge in [0, 0.05) is 12.6 Å². The van der Waals surface area contributed by atoms with E-state index in [0.717, 1.165) is 18.9 Å². The number of likely N-dealkylation sites (tertiary alicyclic amines) is 1. The Hall–Kier alpha value is -0.860. The molecule has 1 aliphatic rings. The van der Waals surface area contributed by atoms with Crippen LogP contribution in [0.4, 0.5) is 0 Å². The van der Waals surface area contributed by atoms with E-state index < -0.39 is 0 Å². The van der Waals surface area contributed by atoms with Crippen LogP contribution in [0.2, 0.25) is 0 Å². The Morgan fingerprint density at radius 3 is 2.58 bits per heavy atom. The summed E-state index contributed by atoms with van der Waals surface area (Å²) in [6.45, 7) is 11.6. The molecule has 1 aromatic rings. The van der Waals surface area contributed by atoms with Crippen LogP contribution in [0.3, 0.4) is 0 Å². The van der Waals surface area contributed by atoms with Gasteiger partial charge in [0.15, 0.2) is 0 Å². The molecule has 0 amide bonds. The van der Waals surface area contributed by atoms with E-state index in [-0.39, 0.29) is 0 Å². The number of rotatable bonds is 6. The number of hydrogen-bond donors (Lipinski definition) is 1. The van der Waals surface area contributed by atoms with Crippen molar-refractivity contribution in [1.29, 1.82) is 0 Å². The zero-order valence-corrected chi connectivity index (χ0v) is 12.7. The molecule has 19 heavy (non-hydrogen) atoms. The lowest BCUT2D eigenvalue weighted by molar-refractivity contribution is 0.334. The third-order valence-corrected chi connectivity index (χ3v) is 4.36. The molecule has 0 aromatic heterocycles. The third-order valence-electron chi connectivity index (χ3n) is 4.36. The molecule has 2 atom stereocenters. The summed E-state index contributed by atoms with van der Waals surface area (Å²) in [6.07, 6.45) is 2.51. The molecule has 2 heteroatoms. The highest BCUT2D eigenvalue weighted by Crippen LogP contribution is 2.20. The maximum Gasteiger partial charge on any atom is 0.0317 e. The fourth-order valence-corrected chi connectivity index (χ4v) is 2.97. The monoisotopic (exact) mass is 260 g/mol. The molecule has 0 radical (unpaired) electrons. The number of hydrogen-bond acceptors (Lipinski definition) is 2. The lowest BCUT2D eigenvalue weighted by Crippen LogP contribution is -2.29. The molecule has 2 nitrogen and oxygen atoms in total. The van der Waals surface area contributed by atoms with Gasteiger partial charge >= 0.3 is 0 Å². The SMILES string of the molecule is CCC(NCC1CCN(CC)C1)c1ccc(C)cc1. The number of aryl methyl sites for hydroxylation is 1. The molecular formula is C17H28N2. The largest absolute Gasteiger partial charge is 0.310 e. The summed E-state index contributed by atoms with van der Waals surface area (Å²) in [4.78, 5) is 2.55. The van der Waals surface area contributed by atoms with Gasteiger partial charge in [-0.05, 0) is 50.9 Å². The minimum absolute atomic E-state index is 0.510. The summed E-state index contributed by atoms with van der Waals surface area (Å²) >= 11 is 0. The average Bonchev–Trinajstić information content (AvgIpc) is 2.89. The zero-order valence-electron chi connectivity index (χ0n) is 12.7. The first-order valence-corrected chi connectivity index (χ1v) is 7.75. The van der Waals surface area contributed by atoms with Crippen molar-refractivity contribution in [2.24, 2.45) is 5.92 Å². The molecule has 2 unspecified atom stereocenters. The maximum absolute atomic E-state index is 3.77. The molecule has 1 N–H and O–H groups in total. The Morgan fingerprint density at radius 1 is 1.26 bits per heavy atom. The summed E-state index contributed by atoms with van der Waals surface area (Å²) in [5.41, 5.74) is 2.77. The highest BCUT2D eigenvalue weighted by atomic mass is 15.1. The van der Waals surface area contributed by atoms with Gasteiger partial charge in [0.1, 0.15) is 0 Å². The smallest absolute Gasteiger partial charge is 0.0317 e. The van der Waals surface area contributed by atoms with Gasteiger partial charge in [-0.25, -0.2) is 0 Å². The Labute approximate surface area is 118 Å². The molecule has 1 heterocycles. The minimum Gasteiger partial charge on any atom is -0.310 e. The van der Waals surface area contributed by atoms with Gasteiger partial charge in [-0.2, -0.15) is 0 Å². The van der Waals surface area contributed by atoms with E-state index in [1.165, 1.54) is 37.2 Å². The van der Waals surface area contributed by atoms with Crippen molar-refractivity contribution in [2.45, 2.75) is 39.7 Å². The number of benzene rings is 1. The topological polar surface area (TPSA) is 15.3 Å². The molecule has 1 aromatic carbocycles. The third kappa shape index (κ3) is 4.05. The molecule has 2 rings (SSSR count). The normalized spacial score (nSPS) is 21.7. The van der Waals surface area contributed by atoms with Gasteiger partial charge in [0.2, 0.25) is 0 Å². The van der Waals surface area contributed by atoms with Crippen LogP contribution in [-0.2, 0) is 0 Å². The van der Waals surface area contributed by atoms with Gasteiger partial charge < -0.3 is 10.2 Å². The summed E-state index contributed by atoms with van der Waals surface area (Å²) in [6, 6.07) is 9.48. The molecular weight excluding hydrogens is 232 g/mol. The van der Waals surface area contributed by atoms with Crippen molar-refractivity contribution >= 4 is 0 Å². The second kappa shape index (κ2) is 7.06. The van der Waals surface area contributed by atoms with Gasteiger partial charge in [-0.3, -0.25) is 0 Å². The van der Waals surface area contributed by atoms with Gasteiger partial charge in [-0.15, -0.1) is 0 Å². The van der Waals surface area contributed by atoms with Crippen molar-refractivity contribution in [3.63, 3.8) is 0 Å². The molecule has 1 saturated heterocycles. The summed E-state index contributed by atoms with van der Waals surface area (Å²) < 4.78 is 0. The highest BCUT2D eigenvalue weighted by Gasteiger charge is 2.21. The Bertz CT molecular complexity index is 371. The minimum atomic E-state index is 0.510. The van der Waals surface area contributed by atoms with E-state index in [1.54, 1.807) is 0 Å². The molecule has 1 aliphatic heterocycles. The van der Waals surface area contributed by atoms with E-state index in [9.17, 15) is 0 Å². The fraction of sp³-hybridized carbons (Fsp3) is 0.647. The molecule has 0 spiro atoms. The number of nitrogens with zero attached hydrogens (tertiary/aromatic N) is 1. The second-order valence-corrected chi connectivity index (χ2v) is 5.83. The standard InChI is InChI=1S/C17H28N2/c1-4-17(16-8-6-14(3)7-9-16)18-12-15-10-11-19(5-2)13-15/h6-9,15,17-18H,4-5,10-13H2,1-3H3. The second-order valence-electron chi connectivity index (χ2n) is 5.83. The summed E-state index contributed by atoms with van der Waals surface area (Å²) in [5.74, 6) is 0.833. The van der Waals surface area contributed by atoms with E-state index in [2.05, 4.69) is 55.3 Å². The van der Waals surface area contributed by atoms with E-state index in [0.29, 0.717) is 6.04 Å². The Morgan fingerprint density at radius 2 is 2.00 bits per heavy atom. The maximum atomic E-state index is 3.77. The lowest BCUT2D eigenvalue weighted by atomic mass is 10.0. The molecule has 106 valence electrons. The highest BCUT2D eigenvalue weighted by molar-refractivity contribution is 5.24. The predicted octanol–water partition coefficient (Wildman–Crippen LogP) is 3.38. The van der Waals surface area contributed by atoms with Gasteiger partial charge in [0.05, 0.1) is 0 Å². The van der Waals surface area contributed by atoms with E-state index >= 15 is 0 Å². The summed E-state index contributed by atoms with van der Waals surface area (Å²) in [5, 5.41) is 3.77. The van der Waals surface area contributed by atoms with Crippen LogP contribution in [0, 0.1) is 12.8 Å². The molecule has 0 aliphatic carbocycles. The zero-order chi connectivity index (χ0) is 13.7. The first-order valence-electron chi connectivity index (χ1n) is 7.75. The van der Waals surface area contributed by atoms with Crippen LogP contribution in [0.25, 0.3) is 0 Å². The van der Waals surface area contributed by atoms with Crippen molar-refractivity contribution in [3.8, 4) is 0 Å². The molecule has 0 saturated carbocycles. The first-order chi connectivity index (χ1) is 9.22. The van der Waals surface area contributed by atoms with Gasteiger partial charge in [-0.1, -0.05) is 43.7 Å². The van der Waals surface area contributed by atoms with Gasteiger partial charge in [0.25, 0.3) is 0 Å². The number of nitrogens with one attached hydrogen (secondary N) is 1. The van der Waals surface area contributed by atoms with E-state index in [4.69, 9.17) is 0 Å². The predicted molar refractivity (Wildman–Crippen MR) is 82.4 cm³/mol. The average molecular weight is 260 g/mol. The van der Waals surface area contributed by atoms with Crippen molar-refractivity contribution < 1.29 is 0 Å². The van der Waals surface area contributed by atoms with Crippen LogP contribution in [0.1, 0.15) is 43.9 Å². The summed E-state index contributed by atoms with van der Waals surface area (Å²) in [7, 11) is 0. The van der Waals surface area contributed by atoms with E-state index in [1.807, 2.05) is 0 Å². The van der Waals surface area contributed by atoms with Crippen LogP contribution >= 0.6 is 0 Å². The van der Waals surface area contributed by atoms with Crippen molar-refractivity contribution in [1.82, 2.24) is 10.2 Å². The molecule has 1 fully saturated rings. The van der Waals surface area contributed by atoms with Crippen molar-refractivity contribution in [2.75, 3.05) is 26.2 Å². The van der Waals surface area contributed by atoms with Crippen LogP contribution < -0.4 is 5.32 Å². The Kier molecular flexibility index (Phi) is 5.41. The fourth-order valence-electron chi connectivity index (χ4n) is 2.97. The van der Waals surface area contributed by atoms with Crippen LogP contribution in [0.15, 0.2) is 24.3 Å². The quantitative estimate of drug-likeness (QED) is 0.843. The first kappa shape index (κ1) is 14.5. The lowest BCUT2D eigenvalue weighted by Gasteiger charge is -2.20.